The number of nitrogen functional groups attached to an aromatic ring is 1. The summed E-state index contributed by atoms with van der Waals surface area (Å²) >= 11 is 0. The summed E-state index contributed by atoms with van der Waals surface area (Å²) in [5.74, 6) is 1.53. The van der Waals surface area contributed by atoms with E-state index in [0.29, 0.717) is 5.92 Å². The average Bonchev–Trinajstić information content (AvgIpc) is 2.47. The quantitative estimate of drug-likeness (QED) is 0.803. The predicted molar refractivity (Wildman–Crippen MR) is 80.7 cm³/mol. The third-order valence-corrected chi connectivity index (χ3v) is 4.32. The number of fused-ring (bicyclic) bond motifs is 1. The Morgan fingerprint density at radius 2 is 1.79 bits per heavy atom. The number of anilines is 1. The molecule has 1 saturated carbocycles. The first kappa shape index (κ1) is 12.3. The van der Waals surface area contributed by atoms with E-state index in [1.54, 1.807) is 7.11 Å². The molecule has 2 N–H and O–H groups in total. The lowest BCUT2D eigenvalue weighted by atomic mass is 9.81. The van der Waals surface area contributed by atoms with E-state index >= 15 is 0 Å². The Labute approximate surface area is 114 Å². The van der Waals surface area contributed by atoms with Crippen LogP contribution in [0.1, 0.15) is 43.6 Å². The predicted octanol–water partition coefficient (Wildman–Crippen LogP) is 4.48. The molecule has 1 fully saturated rings. The molecule has 0 radical (unpaired) electrons. The summed E-state index contributed by atoms with van der Waals surface area (Å²) in [4.78, 5) is 0. The van der Waals surface area contributed by atoms with Crippen molar-refractivity contribution in [3.8, 4) is 5.75 Å². The minimum absolute atomic E-state index is 0.615. The van der Waals surface area contributed by atoms with E-state index in [1.807, 2.05) is 6.07 Å². The summed E-state index contributed by atoms with van der Waals surface area (Å²) in [6, 6.07) is 10.4. The lowest BCUT2D eigenvalue weighted by molar-refractivity contribution is 0.415. The topological polar surface area (TPSA) is 35.2 Å². The molecule has 2 heteroatoms. The van der Waals surface area contributed by atoms with Crippen molar-refractivity contribution >= 4 is 16.5 Å². The molecule has 0 heterocycles. The van der Waals surface area contributed by atoms with Gasteiger partial charge < -0.3 is 10.5 Å². The Bertz CT molecular complexity index is 585. The molecule has 2 nitrogen and oxygen atoms in total. The van der Waals surface area contributed by atoms with Crippen molar-refractivity contribution in [3.63, 3.8) is 0 Å². The zero-order chi connectivity index (χ0) is 13.2. The van der Waals surface area contributed by atoms with E-state index < -0.39 is 0 Å². The number of benzene rings is 2. The monoisotopic (exact) mass is 255 g/mol. The van der Waals surface area contributed by atoms with Gasteiger partial charge in [0.2, 0.25) is 0 Å². The fourth-order valence-corrected chi connectivity index (χ4v) is 3.31. The standard InChI is InChI=1S/C17H21NO/c1-19-14-9-7-12-8-10-16(18)17(15(12)11-14)13-5-3-2-4-6-13/h7-11,13H,2-6,18H2,1H3. The van der Waals surface area contributed by atoms with Crippen LogP contribution in [0.3, 0.4) is 0 Å². The summed E-state index contributed by atoms with van der Waals surface area (Å²) in [6.45, 7) is 0. The Morgan fingerprint density at radius 1 is 1.05 bits per heavy atom. The zero-order valence-electron chi connectivity index (χ0n) is 11.5. The van der Waals surface area contributed by atoms with E-state index in [4.69, 9.17) is 10.5 Å². The normalized spacial score (nSPS) is 16.7. The van der Waals surface area contributed by atoms with Gasteiger partial charge in [0.05, 0.1) is 7.11 Å². The van der Waals surface area contributed by atoms with Crippen LogP contribution in [0, 0.1) is 0 Å². The second kappa shape index (κ2) is 5.12. The van der Waals surface area contributed by atoms with Gasteiger partial charge in [0.25, 0.3) is 0 Å². The van der Waals surface area contributed by atoms with E-state index in [-0.39, 0.29) is 0 Å². The molecule has 100 valence electrons. The molecule has 1 aliphatic rings. The molecule has 0 aliphatic heterocycles. The van der Waals surface area contributed by atoms with Crippen molar-refractivity contribution < 1.29 is 4.74 Å². The molecule has 0 aromatic heterocycles. The van der Waals surface area contributed by atoms with Crippen LogP contribution in [0.4, 0.5) is 5.69 Å². The molecule has 0 spiro atoms. The molecule has 0 saturated heterocycles. The van der Waals surface area contributed by atoms with E-state index in [2.05, 4.69) is 24.3 Å². The van der Waals surface area contributed by atoms with Crippen molar-refractivity contribution in [3.05, 3.63) is 35.9 Å². The minimum atomic E-state index is 0.615. The summed E-state index contributed by atoms with van der Waals surface area (Å²) in [5.41, 5.74) is 8.55. The van der Waals surface area contributed by atoms with Crippen LogP contribution in [0.2, 0.25) is 0 Å². The number of ether oxygens (including phenoxy) is 1. The van der Waals surface area contributed by atoms with Crippen LogP contribution < -0.4 is 10.5 Å². The first-order valence-electron chi connectivity index (χ1n) is 7.15. The first-order chi connectivity index (χ1) is 9.29. The minimum Gasteiger partial charge on any atom is -0.497 e. The van der Waals surface area contributed by atoms with Gasteiger partial charge in [-0.05, 0) is 53.3 Å². The molecule has 0 bridgehead atoms. The lowest BCUT2D eigenvalue weighted by Crippen LogP contribution is -2.08. The highest BCUT2D eigenvalue weighted by Gasteiger charge is 2.20. The summed E-state index contributed by atoms with van der Waals surface area (Å²) in [5, 5.41) is 2.53. The average molecular weight is 255 g/mol. The van der Waals surface area contributed by atoms with Gasteiger partial charge in [0.1, 0.15) is 5.75 Å². The van der Waals surface area contributed by atoms with E-state index in [9.17, 15) is 0 Å². The first-order valence-corrected chi connectivity index (χ1v) is 7.15. The Hall–Kier alpha value is -1.70. The molecule has 2 aromatic rings. The Morgan fingerprint density at radius 3 is 2.53 bits per heavy atom. The van der Waals surface area contributed by atoms with Gasteiger partial charge in [-0.15, -0.1) is 0 Å². The third-order valence-electron chi connectivity index (χ3n) is 4.32. The van der Waals surface area contributed by atoms with Gasteiger partial charge in [0.15, 0.2) is 0 Å². The molecule has 0 unspecified atom stereocenters. The molecular formula is C17H21NO. The summed E-state index contributed by atoms with van der Waals surface area (Å²) in [7, 11) is 1.72. The molecule has 2 aromatic carbocycles. The van der Waals surface area contributed by atoms with Crippen LogP contribution in [-0.4, -0.2) is 7.11 Å². The molecule has 3 rings (SSSR count). The SMILES string of the molecule is COc1ccc2ccc(N)c(C3CCCCC3)c2c1. The van der Waals surface area contributed by atoms with Crippen molar-refractivity contribution in [1.82, 2.24) is 0 Å². The van der Waals surface area contributed by atoms with E-state index in [1.165, 1.54) is 48.4 Å². The number of hydrogen-bond acceptors (Lipinski definition) is 2. The summed E-state index contributed by atoms with van der Waals surface area (Å²) in [6.07, 6.45) is 6.54. The number of rotatable bonds is 2. The largest absolute Gasteiger partial charge is 0.497 e. The van der Waals surface area contributed by atoms with E-state index in [0.717, 1.165) is 11.4 Å². The van der Waals surface area contributed by atoms with Crippen LogP contribution in [0.15, 0.2) is 30.3 Å². The van der Waals surface area contributed by atoms with Gasteiger partial charge in [-0.2, -0.15) is 0 Å². The zero-order valence-corrected chi connectivity index (χ0v) is 11.5. The van der Waals surface area contributed by atoms with Gasteiger partial charge in [-0.3, -0.25) is 0 Å². The van der Waals surface area contributed by atoms with Crippen LogP contribution in [0.25, 0.3) is 10.8 Å². The van der Waals surface area contributed by atoms with Crippen molar-refractivity contribution in [2.75, 3.05) is 12.8 Å². The highest BCUT2D eigenvalue weighted by molar-refractivity contribution is 5.91. The second-order valence-corrected chi connectivity index (χ2v) is 5.49. The van der Waals surface area contributed by atoms with Gasteiger partial charge >= 0.3 is 0 Å². The number of methoxy groups -OCH3 is 1. The molecule has 0 amide bonds. The van der Waals surface area contributed by atoms with Crippen LogP contribution >= 0.6 is 0 Å². The molecule has 0 atom stereocenters. The lowest BCUT2D eigenvalue weighted by Gasteiger charge is -2.25. The fourth-order valence-electron chi connectivity index (χ4n) is 3.31. The number of nitrogens with two attached hydrogens (primary N) is 1. The maximum absolute atomic E-state index is 6.27. The van der Waals surface area contributed by atoms with Gasteiger partial charge in [0, 0.05) is 5.69 Å². The fraction of sp³-hybridized carbons (Fsp3) is 0.412. The summed E-state index contributed by atoms with van der Waals surface area (Å²) < 4.78 is 5.36. The maximum Gasteiger partial charge on any atom is 0.119 e. The highest BCUT2D eigenvalue weighted by Crippen LogP contribution is 2.40. The molecule has 19 heavy (non-hydrogen) atoms. The molecular weight excluding hydrogens is 234 g/mol. The van der Waals surface area contributed by atoms with Crippen LogP contribution in [0.5, 0.6) is 5.75 Å². The Balaban J connectivity index is 2.16. The van der Waals surface area contributed by atoms with Gasteiger partial charge in [-0.1, -0.05) is 31.4 Å². The maximum atomic E-state index is 6.27. The molecule has 1 aliphatic carbocycles. The van der Waals surface area contributed by atoms with Gasteiger partial charge in [-0.25, -0.2) is 0 Å². The third kappa shape index (κ3) is 2.27. The highest BCUT2D eigenvalue weighted by atomic mass is 16.5. The van der Waals surface area contributed by atoms with Crippen molar-refractivity contribution in [2.45, 2.75) is 38.0 Å². The smallest absolute Gasteiger partial charge is 0.119 e. The Kier molecular flexibility index (Phi) is 3.33. The van der Waals surface area contributed by atoms with Crippen molar-refractivity contribution in [1.29, 1.82) is 0 Å². The van der Waals surface area contributed by atoms with Crippen molar-refractivity contribution in [2.24, 2.45) is 0 Å². The van der Waals surface area contributed by atoms with Crippen LogP contribution in [-0.2, 0) is 0 Å². The second-order valence-electron chi connectivity index (χ2n) is 5.49. The number of hydrogen-bond donors (Lipinski definition) is 1.